The normalized spacial score (nSPS) is 20.4. The molecule has 1 fully saturated rings. The van der Waals surface area contributed by atoms with E-state index in [-0.39, 0.29) is 4.90 Å². The summed E-state index contributed by atoms with van der Waals surface area (Å²) in [4.78, 5) is 0.156. The Morgan fingerprint density at radius 2 is 2.05 bits per heavy atom. The van der Waals surface area contributed by atoms with Crippen LogP contribution in [0.4, 0.5) is 4.39 Å². The molecule has 0 bridgehead atoms. The van der Waals surface area contributed by atoms with Crippen LogP contribution >= 0.6 is 0 Å². The highest BCUT2D eigenvalue weighted by Crippen LogP contribution is 2.29. The summed E-state index contributed by atoms with van der Waals surface area (Å²) in [5.41, 5.74) is -0.181. The zero-order valence-electron chi connectivity index (χ0n) is 11.3. The lowest BCUT2D eigenvalue weighted by Gasteiger charge is -2.40. The van der Waals surface area contributed by atoms with E-state index in [0.717, 1.165) is 0 Å². The largest absolute Gasteiger partial charge is 0.378 e. The summed E-state index contributed by atoms with van der Waals surface area (Å²) < 4.78 is 45.2. The molecule has 2 rings (SSSR count). The maximum atomic E-state index is 13.1. The van der Waals surface area contributed by atoms with Crippen molar-refractivity contribution in [1.29, 1.82) is 0 Å². The van der Waals surface area contributed by atoms with Gasteiger partial charge in [0.15, 0.2) is 0 Å². The first-order valence-electron chi connectivity index (χ1n) is 6.12. The van der Waals surface area contributed by atoms with E-state index in [1.165, 1.54) is 22.5 Å². The summed E-state index contributed by atoms with van der Waals surface area (Å²) in [6.45, 7) is 6.29. The molecule has 1 aliphatic heterocycles. The zero-order valence-corrected chi connectivity index (χ0v) is 12.1. The summed E-state index contributed by atoms with van der Waals surface area (Å²) in [5, 5.41) is 0. The molecule has 0 amide bonds. The Morgan fingerprint density at radius 1 is 1.37 bits per heavy atom. The van der Waals surface area contributed by atoms with Gasteiger partial charge in [0.25, 0.3) is 0 Å². The lowest BCUT2D eigenvalue weighted by Crippen LogP contribution is -2.55. The number of benzene rings is 1. The van der Waals surface area contributed by atoms with Crippen LogP contribution in [0.2, 0.25) is 0 Å². The Balaban J connectivity index is 2.47. The van der Waals surface area contributed by atoms with Crippen molar-refractivity contribution in [1.82, 2.24) is 4.31 Å². The second-order valence-electron chi connectivity index (χ2n) is 5.35. The molecule has 19 heavy (non-hydrogen) atoms. The third-order valence-electron chi connectivity index (χ3n) is 3.27. The Bertz CT molecular complexity index is 584. The fourth-order valence-corrected chi connectivity index (χ4v) is 4.27. The molecule has 0 saturated carbocycles. The van der Waals surface area contributed by atoms with Crippen molar-refractivity contribution in [3.05, 3.63) is 29.6 Å². The van der Waals surface area contributed by atoms with Gasteiger partial charge in [-0.25, -0.2) is 12.8 Å². The van der Waals surface area contributed by atoms with Crippen LogP contribution in [0.1, 0.15) is 19.4 Å². The van der Waals surface area contributed by atoms with Gasteiger partial charge in [-0.3, -0.25) is 0 Å². The number of nitrogens with zero attached hydrogens (tertiary/aromatic N) is 1. The number of sulfonamides is 1. The second kappa shape index (κ2) is 4.85. The van der Waals surface area contributed by atoms with E-state index in [1.54, 1.807) is 6.92 Å². The van der Waals surface area contributed by atoms with Crippen LogP contribution in [0.3, 0.4) is 0 Å². The second-order valence-corrected chi connectivity index (χ2v) is 7.18. The fourth-order valence-electron chi connectivity index (χ4n) is 2.31. The van der Waals surface area contributed by atoms with Gasteiger partial charge in [0, 0.05) is 6.54 Å². The summed E-state index contributed by atoms with van der Waals surface area (Å²) in [6.07, 6.45) is 0. The summed E-state index contributed by atoms with van der Waals surface area (Å²) >= 11 is 0. The fraction of sp³-hybridized carbons (Fsp3) is 0.538. The maximum absolute atomic E-state index is 13.1. The molecule has 1 heterocycles. The molecule has 1 aromatic rings. The van der Waals surface area contributed by atoms with Gasteiger partial charge in [0.2, 0.25) is 10.0 Å². The number of morpholine rings is 1. The third-order valence-corrected chi connectivity index (χ3v) is 5.55. The molecule has 6 heteroatoms. The van der Waals surface area contributed by atoms with E-state index in [4.69, 9.17) is 4.74 Å². The van der Waals surface area contributed by atoms with E-state index in [2.05, 4.69) is 0 Å². The number of halogens is 1. The Hall–Kier alpha value is -0.980. The monoisotopic (exact) mass is 287 g/mol. The molecule has 1 aliphatic rings. The molecule has 4 nitrogen and oxygen atoms in total. The highest BCUT2D eigenvalue weighted by molar-refractivity contribution is 7.89. The SMILES string of the molecule is Cc1cc(F)ccc1S(=O)(=O)N1CCOCC1(C)C. The Kier molecular flexibility index (Phi) is 3.68. The van der Waals surface area contributed by atoms with Crippen LogP contribution < -0.4 is 0 Å². The van der Waals surface area contributed by atoms with Crippen LogP contribution in [0.25, 0.3) is 0 Å². The molecular formula is C13H18FNO3S. The van der Waals surface area contributed by atoms with Gasteiger partial charge in [0.1, 0.15) is 5.82 Å². The van der Waals surface area contributed by atoms with Gasteiger partial charge >= 0.3 is 0 Å². The predicted molar refractivity (Wildman–Crippen MR) is 69.9 cm³/mol. The minimum Gasteiger partial charge on any atom is -0.378 e. The van der Waals surface area contributed by atoms with Crippen molar-refractivity contribution in [2.24, 2.45) is 0 Å². The number of rotatable bonds is 2. The van der Waals surface area contributed by atoms with Crippen molar-refractivity contribution < 1.29 is 17.5 Å². The van der Waals surface area contributed by atoms with Crippen LogP contribution in [0.5, 0.6) is 0 Å². The van der Waals surface area contributed by atoms with Crippen molar-refractivity contribution in [2.75, 3.05) is 19.8 Å². The van der Waals surface area contributed by atoms with E-state index in [1.807, 2.05) is 13.8 Å². The molecule has 1 saturated heterocycles. The minimum absolute atomic E-state index is 0.156. The zero-order chi connectivity index (χ0) is 14.3. The molecule has 0 radical (unpaired) electrons. The number of aryl methyl sites for hydroxylation is 1. The standard InChI is InChI=1S/C13H18FNO3S/c1-10-8-11(14)4-5-12(10)19(16,17)15-6-7-18-9-13(15,2)3/h4-5,8H,6-7,9H2,1-3H3. The summed E-state index contributed by atoms with van der Waals surface area (Å²) in [6, 6.07) is 3.74. The van der Waals surface area contributed by atoms with Gasteiger partial charge < -0.3 is 4.74 Å². The first-order chi connectivity index (χ1) is 8.75. The Labute approximate surface area is 113 Å². The Morgan fingerprint density at radius 3 is 2.63 bits per heavy atom. The van der Waals surface area contributed by atoms with Gasteiger partial charge in [-0.05, 0) is 44.5 Å². The van der Waals surface area contributed by atoms with E-state index in [9.17, 15) is 12.8 Å². The topological polar surface area (TPSA) is 46.6 Å². The number of ether oxygens (including phenoxy) is 1. The van der Waals surface area contributed by atoms with E-state index >= 15 is 0 Å². The molecule has 106 valence electrons. The predicted octanol–water partition coefficient (Wildman–Crippen LogP) is 1.93. The average molecular weight is 287 g/mol. The third kappa shape index (κ3) is 2.66. The molecule has 0 aliphatic carbocycles. The molecule has 0 N–H and O–H groups in total. The van der Waals surface area contributed by atoms with E-state index in [0.29, 0.717) is 25.3 Å². The van der Waals surface area contributed by atoms with Crippen LogP contribution in [0.15, 0.2) is 23.1 Å². The minimum atomic E-state index is -3.63. The van der Waals surface area contributed by atoms with Crippen molar-refractivity contribution in [2.45, 2.75) is 31.2 Å². The maximum Gasteiger partial charge on any atom is 0.243 e. The molecule has 0 atom stereocenters. The van der Waals surface area contributed by atoms with Crippen molar-refractivity contribution in [3.63, 3.8) is 0 Å². The molecular weight excluding hydrogens is 269 g/mol. The van der Waals surface area contributed by atoms with Gasteiger partial charge in [-0.2, -0.15) is 4.31 Å². The van der Waals surface area contributed by atoms with Crippen molar-refractivity contribution >= 4 is 10.0 Å². The first kappa shape index (κ1) is 14.4. The van der Waals surface area contributed by atoms with E-state index < -0.39 is 21.4 Å². The lowest BCUT2D eigenvalue weighted by atomic mass is 10.1. The quantitative estimate of drug-likeness (QED) is 0.835. The van der Waals surface area contributed by atoms with Gasteiger partial charge in [0.05, 0.1) is 23.6 Å². The van der Waals surface area contributed by atoms with Crippen LogP contribution in [-0.2, 0) is 14.8 Å². The molecule has 0 aromatic heterocycles. The molecule has 0 unspecified atom stereocenters. The number of hydrogen-bond donors (Lipinski definition) is 0. The molecule has 1 aromatic carbocycles. The first-order valence-corrected chi connectivity index (χ1v) is 7.56. The lowest BCUT2D eigenvalue weighted by molar-refractivity contribution is -0.00772. The summed E-state index contributed by atoms with van der Waals surface area (Å²) in [5.74, 6) is -0.433. The van der Waals surface area contributed by atoms with Crippen molar-refractivity contribution in [3.8, 4) is 0 Å². The smallest absolute Gasteiger partial charge is 0.243 e. The molecule has 0 spiro atoms. The van der Waals surface area contributed by atoms with Crippen LogP contribution in [-0.4, -0.2) is 38.0 Å². The highest BCUT2D eigenvalue weighted by atomic mass is 32.2. The average Bonchev–Trinajstić information content (AvgIpc) is 2.27. The van der Waals surface area contributed by atoms with Crippen LogP contribution in [0, 0.1) is 12.7 Å². The highest BCUT2D eigenvalue weighted by Gasteiger charge is 2.40. The summed E-state index contributed by atoms with van der Waals surface area (Å²) in [7, 11) is -3.63. The number of hydrogen-bond acceptors (Lipinski definition) is 3. The van der Waals surface area contributed by atoms with Gasteiger partial charge in [-0.1, -0.05) is 0 Å². The van der Waals surface area contributed by atoms with Gasteiger partial charge in [-0.15, -0.1) is 0 Å².